The van der Waals surface area contributed by atoms with Crippen LogP contribution in [0.25, 0.3) is 0 Å². The van der Waals surface area contributed by atoms with Gasteiger partial charge in [-0.25, -0.2) is 8.91 Å². The molecule has 6 heteroatoms. The maximum atomic E-state index is 11.6. The van der Waals surface area contributed by atoms with Gasteiger partial charge in [0.15, 0.2) is 0 Å². The van der Waals surface area contributed by atoms with Gasteiger partial charge in [0.05, 0.1) is 5.60 Å². The lowest BCUT2D eigenvalue weighted by Crippen LogP contribution is -2.37. The molecule has 0 radical (unpaired) electrons. The Balaban J connectivity index is 1.95. The highest BCUT2D eigenvalue weighted by atomic mass is 32.2. The second-order valence-corrected chi connectivity index (χ2v) is 6.28. The first kappa shape index (κ1) is 11.9. The van der Waals surface area contributed by atoms with Gasteiger partial charge in [0.2, 0.25) is 5.91 Å². The van der Waals surface area contributed by atoms with Crippen LogP contribution in [0.15, 0.2) is 0 Å². The van der Waals surface area contributed by atoms with E-state index in [9.17, 15) is 13.2 Å². The van der Waals surface area contributed by atoms with Crippen LogP contribution < -0.4 is 4.72 Å². The Morgan fingerprint density at radius 2 is 1.94 bits per heavy atom. The Hall–Kier alpha value is -0.620. The van der Waals surface area contributed by atoms with Gasteiger partial charge in [0.25, 0.3) is 0 Å². The molecule has 0 saturated heterocycles. The molecule has 1 N–H and O–H groups in total. The summed E-state index contributed by atoms with van der Waals surface area (Å²) in [6.07, 6.45) is 3.03. The maximum Gasteiger partial charge on any atom is 0.362 e. The third-order valence-electron chi connectivity index (χ3n) is 3.24. The van der Waals surface area contributed by atoms with E-state index < -0.39 is 21.8 Å². The van der Waals surface area contributed by atoms with Gasteiger partial charge >= 0.3 is 10.3 Å². The van der Waals surface area contributed by atoms with Gasteiger partial charge < -0.3 is 0 Å². The van der Waals surface area contributed by atoms with Crippen LogP contribution in [0.3, 0.4) is 0 Å². The molecule has 0 atom stereocenters. The Kier molecular flexibility index (Phi) is 2.74. The lowest BCUT2D eigenvalue weighted by molar-refractivity contribution is -0.120. The molecule has 16 heavy (non-hydrogen) atoms. The monoisotopic (exact) mass is 247 g/mol. The van der Waals surface area contributed by atoms with Gasteiger partial charge in [-0.2, -0.15) is 8.42 Å². The second-order valence-electron chi connectivity index (χ2n) is 5.00. The van der Waals surface area contributed by atoms with Crippen molar-refractivity contribution in [2.24, 2.45) is 11.8 Å². The van der Waals surface area contributed by atoms with Crippen LogP contribution in [-0.4, -0.2) is 19.9 Å². The van der Waals surface area contributed by atoms with E-state index in [-0.39, 0.29) is 11.8 Å². The van der Waals surface area contributed by atoms with Crippen molar-refractivity contribution in [3.63, 3.8) is 0 Å². The maximum absolute atomic E-state index is 11.6. The first-order valence-electron chi connectivity index (χ1n) is 5.62. The molecule has 2 fully saturated rings. The molecule has 0 aromatic heterocycles. The van der Waals surface area contributed by atoms with Crippen LogP contribution in [0.5, 0.6) is 0 Å². The number of hydrogen-bond donors (Lipinski definition) is 1. The van der Waals surface area contributed by atoms with E-state index in [4.69, 9.17) is 4.18 Å². The molecule has 0 bridgehead atoms. The summed E-state index contributed by atoms with van der Waals surface area (Å²) in [6.45, 7) is 3.84. The van der Waals surface area contributed by atoms with Crippen LogP contribution >= 0.6 is 0 Å². The molecular weight excluding hydrogens is 230 g/mol. The van der Waals surface area contributed by atoms with E-state index in [1.165, 1.54) is 0 Å². The average Bonchev–Trinajstić information content (AvgIpc) is 2.97. The average molecular weight is 247 g/mol. The van der Waals surface area contributed by atoms with Gasteiger partial charge in [-0.1, -0.05) is 13.8 Å². The zero-order valence-electron chi connectivity index (χ0n) is 9.52. The summed E-state index contributed by atoms with van der Waals surface area (Å²) in [6, 6.07) is 0. The van der Waals surface area contributed by atoms with Crippen molar-refractivity contribution in [1.82, 2.24) is 4.72 Å². The summed E-state index contributed by atoms with van der Waals surface area (Å²) >= 11 is 0. The Labute approximate surface area is 95.8 Å². The van der Waals surface area contributed by atoms with Gasteiger partial charge in [-0.3, -0.25) is 4.79 Å². The van der Waals surface area contributed by atoms with Gasteiger partial charge in [0.1, 0.15) is 0 Å². The van der Waals surface area contributed by atoms with Crippen molar-refractivity contribution in [2.75, 3.05) is 0 Å². The van der Waals surface area contributed by atoms with Crippen LogP contribution in [0.4, 0.5) is 0 Å². The number of carbonyl (C=O) groups excluding carboxylic acids is 1. The van der Waals surface area contributed by atoms with Crippen molar-refractivity contribution in [3.8, 4) is 0 Å². The first-order valence-corrected chi connectivity index (χ1v) is 7.03. The quantitative estimate of drug-likeness (QED) is 0.785. The summed E-state index contributed by atoms with van der Waals surface area (Å²) < 4.78 is 30.2. The third-order valence-corrected chi connectivity index (χ3v) is 4.25. The van der Waals surface area contributed by atoms with Gasteiger partial charge in [0, 0.05) is 5.92 Å². The molecule has 0 aromatic rings. The molecule has 92 valence electrons. The molecular formula is C10H17NO4S. The highest BCUT2D eigenvalue weighted by molar-refractivity contribution is 7.85. The number of hydrogen-bond acceptors (Lipinski definition) is 4. The molecule has 2 aliphatic rings. The highest BCUT2D eigenvalue weighted by Gasteiger charge is 2.51. The Morgan fingerprint density at radius 1 is 1.38 bits per heavy atom. The summed E-state index contributed by atoms with van der Waals surface area (Å²) in [5.41, 5.74) is -0.574. The van der Waals surface area contributed by atoms with Crippen molar-refractivity contribution in [1.29, 1.82) is 0 Å². The molecule has 1 amide bonds. The van der Waals surface area contributed by atoms with E-state index in [0.29, 0.717) is 0 Å². The molecule has 2 saturated carbocycles. The molecule has 0 heterocycles. The van der Waals surface area contributed by atoms with Crippen LogP contribution in [-0.2, 0) is 19.3 Å². The van der Waals surface area contributed by atoms with Crippen molar-refractivity contribution < 1.29 is 17.4 Å². The largest absolute Gasteiger partial charge is 0.362 e. The molecule has 0 aromatic carbocycles. The first-order chi connectivity index (χ1) is 7.35. The SMILES string of the molecule is CC(C)C1(OS(=O)(=O)NC(=O)C2CC2)CC1. The number of amides is 1. The lowest BCUT2D eigenvalue weighted by Gasteiger charge is -2.19. The summed E-state index contributed by atoms with van der Waals surface area (Å²) in [5, 5.41) is 0. The highest BCUT2D eigenvalue weighted by Crippen LogP contribution is 2.46. The lowest BCUT2D eigenvalue weighted by atomic mass is 10.1. The van der Waals surface area contributed by atoms with Crippen molar-refractivity contribution in [3.05, 3.63) is 0 Å². The Bertz CT molecular complexity index is 393. The minimum atomic E-state index is -3.93. The van der Waals surface area contributed by atoms with E-state index in [0.717, 1.165) is 25.7 Å². The fourth-order valence-corrected chi connectivity index (χ4v) is 2.92. The zero-order chi connectivity index (χ0) is 12.0. The predicted octanol–water partition coefficient (Wildman–Crippen LogP) is 0.963. The third kappa shape index (κ3) is 2.55. The van der Waals surface area contributed by atoms with E-state index in [1.54, 1.807) is 0 Å². The van der Waals surface area contributed by atoms with Crippen LogP contribution in [0.1, 0.15) is 39.5 Å². The summed E-state index contributed by atoms with van der Waals surface area (Å²) in [5.74, 6) is -0.424. The van der Waals surface area contributed by atoms with Crippen molar-refractivity contribution >= 4 is 16.2 Å². The smallest absolute Gasteiger partial charge is 0.274 e. The molecule has 5 nitrogen and oxygen atoms in total. The minimum Gasteiger partial charge on any atom is -0.274 e. The van der Waals surface area contributed by atoms with Gasteiger partial charge in [-0.15, -0.1) is 0 Å². The molecule has 2 rings (SSSR count). The number of rotatable bonds is 5. The Morgan fingerprint density at radius 3 is 2.31 bits per heavy atom. The van der Waals surface area contributed by atoms with Crippen molar-refractivity contribution in [2.45, 2.75) is 45.1 Å². The predicted molar refractivity (Wildman–Crippen MR) is 57.7 cm³/mol. The molecule has 2 aliphatic carbocycles. The normalized spacial score (nSPS) is 23.2. The fourth-order valence-electron chi connectivity index (χ4n) is 1.67. The van der Waals surface area contributed by atoms with Gasteiger partial charge in [-0.05, 0) is 31.6 Å². The van der Waals surface area contributed by atoms with E-state index >= 15 is 0 Å². The fraction of sp³-hybridized carbons (Fsp3) is 0.900. The number of nitrogens with one attached hydrogen (secondary N) is 1. The standard InChI is InChI=1S/C10H17NO4S/c1-7(2)10(5-6-10)15-16(13,14)11-9(12)8-3-4-8/h7-8H,3-6H2,1-2H3,(H,11,12). The van der Waals surface area contributed by atoms with E-state index in [2.05, 4.69) is 0 Å². The second kappa shape index (κ2) is 3.70. The molecule has 0 unspecified atom stereocenters. The zero-order valence-corrected chi connectivity index (χ0v) is 10.3. The van der Waals surface area contributed by atoms with Crippen LogP contribution in [0, 0.1) is 11.8 Å². The summed E-state index contributed by atoms with van der Waals surface area (Å²) in [4.78, 5) is 11.3. The number of carbonyl (C=O) groups is 1. The van der Waals surface area contributed by atoms with Crippen LogP contribution in [0.2, 0.25) is 0 Å². The topological polar surface area (TPSA) is 72.5 Å². The summed E-state index contributed by atoms with van der Waals surface area (Å²) in [7, 11) is -3.93. The molecule has 0 spiro atoms. The minimum absolute atomic E-state index is 0.132. The van der Waals surface area contributed by atoms with E-state index in [1.807, 2.05) is 18.6 Å². The molecule has 0 aliphatic heterocycles.